The van der Waals surface area contributed by atoms with Gasteiger partial charge in [0.15, 0.2) is 29.2 Å². The van der Waals surface area contributed by atoms with Gasteiger partial charge >= 0.3 is 0 Å². The third kappa shape index (κ3) is 3.57. The van der Waals surface area contributed by atoms with Crippen LogP contribution in [0.2, 0.25) is 0 Å². The summed E-state index contributed by atoms with van der Waals surface area (Å²) in [5.74, 6) is -0.582. The van der Waals surface area contributed by atoms with Crippen LogP contribution in [-0.2, 0) is 19.6 Å². The molecule has 1 aromatic carbocycles. The number of ether oxygens (including phenoxy) is 1. The van der Waals surface area contributed by atoms with Crippen LogP contribution in [0.1, 0.15) is 0 Å². The first kappa shape index (κ1) is 22.1. The Kier molecular flexibility index (Phi) is 4.99. The van der Waals surface area contributed by atoms with Crippen molar-refractivity contribution in [3.05, 3.63) is 48.9 Å². The Labute approximate surface area is 203 Å². The van der Waals surface area contributed by atoms with Crippen LogP contribution in [0.4, 0.5) is 17.3 Å². The molecule has 1 fully saturated rings. The van der Waals surface area contributed by atoms with E-state index < -0.39 is 28.1 Å². The fourth-order valence-electron chi connectivity index (χ4n) is 4.06. The fraction of sp³-hybridized carbons (Fsp3) is 0.190. The van der Waals surface area contributed by atoms with Gasteiger partial charge < -0.3 is 25.4 Å². The van der Waals surface area contributed by atoms with Crippen LogP contribution in [0.25, 0.3) is 16.7 Å². The maximum Gasteiger partial charge on any atom is 0.286 e. The summed E-state index contributed by atoms with van der Waals surface area (Å²) < 4.78 is 41.6. The highest BCUT2D eigenvalue weighted by Crippen LogP contribution is 2.34. The number of aromatic nitrogens is 4. The minimum atomic E-state index is -4.23. The monoisotopic (exact) mass is 510 g/mol. The van der Waals surface area contributed by atoms with Crippen molar-refractivity contribution in [2.24, 2.45) is 4.40 Å². The van der Waals surface area contributed by atoms with Gasteiger partial charge in [0.2, 0.25) is 0 Å². The minimum absolute atomic E-state index is 0.0329. The van der Waals surface area contributed by atoms with Crippen LogP contribution >= 0.6 is 0 Å². The highest BCUT2D eigenvalue weighted by molar-refractivity contribution is 7.90. The second-order valence-electron chi connectivity index (χ2n) is 8.04. The van der Waals surface area contributed by atoms with Gasteiger partial charge in [0.1, 0.15) is 11.0 Å². The van der Waals surface area contributed by atoms with Gasteiger partial charge in [0.25, 0.3) is 15.9 Å². The Morgan fingerprint density at radius 1 is 1.22 bits per heavy atom. The molecule has 2 aliphatic rings. The van der Waals surface area contributed by atoms with Crippen LogP contribution in [0.3, 0.4) is 0 Å². The second kappa shape index (κ2) is 8.11. The van der Waals surface area contributed by atoms with E-state index in [4.69, 9.17) is 15.0 Å². The Hall–Kier alpha value is -4.34. The molecule has 0 unspecified atom stereocenters. The van der Waals surface area contributed by atoms with E-state index >= 15 is 0 Å². The van der Waals surface area contributed by atoms with Gasteiger partial charge in [-0.15, -0.1) is 9.50 Å². The van der Waals surface area contributed by atoms with Crippen molar-refractivity contribution in [1.82, 2.24) is 19.9 Å². The molecule has 3 aromatic heterocycles. The minimum Gasteiger partial charge on any atom is -0.382 e. The predicted octanol–water partition coefficient (Wildman–Crippen LogP) is 0.296. The smallest absolute Gasteiger partial charge is 0.286 e. The van der Waals surface area contributed by atoms with E-state index in [9.17, 15) is 18.3 Å². The van der Waals surface area contributed by atoms with E-state index in [0.29, 0.717) is 11.2 Å². The molecule has 1 saturated heterocycles. The number of nitrogens with zero attached hydrogens (tertiary/aromatic N) is 6. The molecule has 2 atom stereocenters. The summed E-state index contributed by atoms with van der Waals surface area (Å²) in [5.41, 5.74) is 6.81. The molecule has 4 aromatic rings. The zero-order valence-electron chi connectivity index (χ0n) is 18.3. The topological polar surface area (TPSA) is 191 Å². The number of fused-ring (bicyclic) bond motifs is 2. The van der Waals surface area contributed by atoms with E-state index in [0.717, 1.165) is 5.69 Å². The molecular formula is C21H18N8O6S. The van der Waals surface area contributed by atoms with Gasteiger partial charge in [-0.2, -0.15) is 8.42 Å². The summed E-state index contributed by atoms with van der Waals surface area (Å²) in [6.45, 7) is 0.283. The van der Waals surface area contributed by atoms with Crippen LogP contribution in [0.5, 0.6) is 0 Å². The van der Waals surface area contributed by atoms with Crippen molar-refractivity contribution in [3.8, 4) is 5.69 Å². The van der Waals surface area contributed by atoms with Gasteiger partial charge in [-0.05, 0) is 18.2 Å². The molecule has 1 amide bonds. The molecule has 5 heterocycles. The lowest BCUT2D eigenvalue weighted by Crippen LogP contribution is -2.56. The molecule has 2 aliphatic heterocycles. The molecule has 14 nitrogen and oxygen atoms in total. The Balaban J connectivity index is 1.28. The molecule has 0 aliphatic carbocycles. The summed E-state index contributed by atoms with van der Waals surface area (Å²) in [6.07, 6.45) is 1.80. The molecule has 15 heteroatoms. The first-order valence-corrected chi connectivity index (χ1v) is 12.1. The number of amides is 1. The molecule has 0 saturated carbocycles. The number of benzene rings is 1. The van der Waals surface area contributed by atoms with Gasteiger partial charge in [-0.3, -0.25) is 14.7 Å². The van der Waals surface area contributed by atoms with Gasteiger partial charge in [0.05, 0.1) is 29.9 Å². The number of nitrogens with two attached hydrogens (primary N) is 1. The highest BCUT2D eigenvalue weighted by atomic mass is 32.2. The molecular weight excluding hydrogens is 492 g/mol. The third-order valence-corrected chi connectivity index (χ3v) is 7.16. The van der Waals surface area contributed by atoms with E-state index in [1.165, 1.54) is 17.0 Å². The lowest BCUT2D eigenvalue weighted by Gasteiger charge is -2.34. The SMILES string of the molecule is Nc1noc2cc3c(cc12)S(=O)(=O)N=C([C@H](O)[C@H]1OCCN(c2ccn(-c4ccncc4)n2)C1=O)N3. The summed E-state index contributed by atoms with van der Waals surface area (Å²) >= 11 is 0. The zero-order valence-corrected chi connectivity index (χ0v) is 19.2. The van der Waals surface area contributed by atoms with Gasteiger partial charge in [-0.1, -0.05) is 5.16 Å². The lowest BCUT2D eigenvalue weighted by atomic mass is 10.1. The van der Waals surface area contributed by atoms with Crippen LogP contribution in [0, 0.1) is 0 Å². The number of sulfonamides is 1. The van der Waals surface area contributed by atoms with Crippen molar-refractivity contribution in [1.29, 1.82) is 0 Å². The number of aliphatic hydroxyl groups excluding tert-OH is 1. The first-order valence-electron chi connectivity index (χ1n) is 10.7. The number of aliphatic hydroxyl groups is 1. The molecule has 0 bridgehead atoms. The maximum absolute atomic E-state index is 13.3. The van der Waals surface area contributed by atoms with Crippen molar-refractivity contribution < 1.29 is 27.6 Å². The number of nitrogen functional groups attached to an aromatic ring is 1. The number of hydrogen-bond donors (Lipinski definition) is 3. The highest BCUT2D eigenvalue weighted by Gasteiger charge is 2.41. The number of carbonyl (C=O) groups excluding carboxylic acids is 1. The Morgan fingerprint density at radius 3 is 2.83 bits per heavy atom. The largest absolute Gasteiger partial charge is 0.382 e. The van der Waals surface area contributed by atoms with Crippen LogP contribution in [0.15, 0.2) is 62.7 Å². The van der Waals surface area contributed by atoms with Crippen LogP contribution in [-0.4, -0.2) is 70.5 Å². The first-order chi connectivity index (χ1) is 17.3. The maximum atomic E-state index is 13.3. The molecule has 4 N–H and O–H groups in total. The zero-order chi connectivity index (χ0) is 25.0. The molecule has 184 valence electrons. The predicted molar refractivity (Wildman–Crippen MR) is 126 cm³/mol. The van der Waals surface area contributed by atoms with E-state index in [-0.39, 0.29) is 41.0 Å². The molecule has 36 heavy (non-hydrogen) atoms. The number of morpholine rings is 1. The number of carbonyl (C=O) groups is 1. The number of anilines is 3. The number of amidine groups is 1. The number of rotatable bonds is 4. The van der Waals surface area contributed by atoms with Gasteiger partial charge in [-0.25, -0.2) is 4.68 Å². The van der Waals surface area contributed by atoms with Crippen molar-refractivity contribution in [2.75, 3.05) is 29.1 Å². The van der Waals surface area contributed by atoms with Crippen molar-refractivity contribution in [3.63, 3.8) is 0 Å². The number of hydrogen-bond acceptors (Lipinski definition) is 11. The van der Waals surface area contributed by atoms with E-state index in [1.54, 1.807) is 41.5 Å². The Bertz CT molecular complexity index is 1630. The lowest BCUT2D eigenvalue weighted by molar-refractivity contribution is -0.139. The van der Waals surface area contributed by atoms with E-state index in [2.05, 4.69) is 25.0 Å². The van der Waals surface area contributed by atoms with Crippen molar-refractivity contribution in [2.45, 2.75) is 17.1 Å². The summed E-state index contributed by atoms with van der Waals surface area (Å²) in [7, 11) is -4.23. The Morgan fingerprint density at radius 2 is 2.03 bits per heavy atom. The third-order valence-electron chi connectivity index (χ3n) is 5.83. The summed E-state index contributed by atoms with van der Waals surface area (Å²) in [6, 6.07) is 7.84. The molecule has 6 rings (SSSR count). The molecule has 0 radical (unpaired) electrons. The average Bonchev–Trinajstić information content (AvgIpc) is 3.50. The average molecular weight is 510 g/mol. The number of nitrogens with one attached hydrogen (secondary N) is 1. The van der Waals surface area contributed by atoms with E-state index in [1.807, 2.05) is 0 Å². The molecule has 0 spiro atoms. The second-order valence-corrected chi connectivity index (χ2v) is 9.61. The summed E-state index contributed by atoms with van der Waals surface area (Å²) in [5, 5.41) is 22.1. The van der Waals surface area contributed by atoms with Gasteiger partial charge in [0, 0.05) is 30.7 Å². The summed E-state index contributed by atoms with van der Waals surface area (Å²) in [4.78, 5) is 18.4. The normalized spacial score (nSPS) is 20.0. The van der Waals surface area contributed by atoms with Crippen molar-refractivity contribution >= 4 is 50.1 Å². The van der Waals surface area contributed by atoms with Crippen LogP contribution < -0.4 is 16.0 Å². The number of pyridine rings is 1. The standard InChI is InChI=1S/C21H18N8O6S/c22-19-12-9-15-13(10-14(12)35-26-19)24-20(27-36(15,32)33)17(30)18-21(31)28(7-8-34-18)16-3-6-29(25-16)11-1-4-23-5-2-11/h1-6,9-10,17-18,30H,7-8H2,(H2,22,26)(H,24,27)/t17-,18-/m1/s1. The quantitative estimate of drug-likeness (QED) is 0.342. The fourth-order valence-corrected chi connectivity index (χ4v) is 5.23.